The van der Waals surface area contributed by atoms with Gasteiger partial charge in [0.15, 0.2) is 0 Å². The van der Waals surface area contributed by atoms with Gasteiger partial charge in [-0.25, -0.2) is 0 Å². The van der Waals surface area contributed by atoms with E-state index < -0.39 is 0 Å². The predicted octanol–water partition coefficient (Wildman–Crippen LogP) is 2.56. The second-order valence-corrected chi connectivity index (χ2v) is 5.87. The third-order valence-electron chi connectivity index (χ3n) is 4.21. The summed E-state index contributed by atoms with van der Waals surface area (Å²) in [5.74, 6) is 0.434. The highest BCUT2D eigenvalue weighted by molar-refractivity contribution is 5.46. The summed E-state index contributed by atoms with van der Waals surface area (Å²) < 4.78 is 0. The fourth-order valence-electron chi connectivity index (χ4n) is 2.76. The molecular formula is C16H26N2O. The Morgan fingerprint density at radius 2 is 1.95 bits per heavy atom. The predicted molar refractivity (Wildman–Crippen MR) is 80.5 cm³/mol. The maximum atomic E-state index is 9.82. The lowest BCUT2D eigenvalue weighted by atomic mass is 10.0. The summed E-state index contributed by atoms with van der Waals surface area (Å²) in [5.41, 5.74) is 2.53. The van der Waals surface area contributed by atoms with E-state index in [0.29, 0.717) is 12.0 Å². The number of nitrogens with one attached hydrogen (secondary N) is 1. The van der Waals surface area contributed by atoms with Gasteiger partial charge in [-0.05, 0) is 43.4 Å². The fourth-order valence-corrected chi connectivity index (χ4v) is 2.76. The molecule has 0 aromatic heterocycles. The van der Waals surface area contributed by atoms with E-state index in [1.54, 1.807) is 0 Å². The van der Waals surface area contributed by atoms with E-state index in [4.69, 9.17) is 0 Å². The molecule has 3 heteroatoms. The van der Waals surface area contributed by atoms with Crippen LogP contribution >= 0.6 is 0 Å². The molecule has 3 nitrogen and oxygen atoms in total. The Balaban J connectivity index is 1.87. The molecule has 0 radical (unpaired) electrons. The van der Waals surface area contributed by atoms with Crippen molar-refractivity contribution in [1.29, 1.82) is 0 Å². The smallest absolute Gasteiger partial charge is 0.0580 e. The molecule has 3 atom stereocenters. The molecule has 106 valence electrons. The highest BCUT2D eigenvalue weighted by Crippen LogP contribution is 2.25. The largest absolute Gasteiger partial charge is 0.393 e. The Bertz CT molecular complexity index is 388. The lowest BCUT2D eigenvalue weighted by molar-refractivity contribution is 0.130. The van der Waals surface area contributed by atoms with Crippen molar-refractivity contribution in [3.05, 3.63) is 29.8 Å². The van der Waals surface area contributed by atoms with Gasteiger partial charge in [-0.2, -0.15) is 0 Å². The first kappa shape index (κ1) is 14.4. The lowest BCUT2D eigenvalue weighted by Gasteiger charge is -2.20. The van der Waals surface area contributed by atoms with E-state index in [1.165, 1.54) is 17.7 Å². The second-order valence-electron chi connectivity index (χ2n) is 5.87. The molecule has 2 rings (SSSR count). The van der Waals surface area contributed by atoms with Crippen molar-refractivity contribution in [1.82, 2.24) is 5.32 Å². The molecule has 0 spiro atoms. The van der Waals surface area contributed by atoms with Gasteiger partial charge in [0.1, 0.15) is 0 Å². The van der Waals surface area contributed by atoms with Crippen LogP contribution in [0.15, 0.2) is 24.3 Å². The van der Waals surface area contributed by atoms with Gasteiger partial charge in [0.25, 0.3) is 0 Å². The van der Waals surface area contributed by atoms with Crippen molar-refractivity contribution in [2.24, 2.45) is 5.92 Å². The van der Waals surface area contributed by atoms with Gasteiger partial charge in [0.05, 0.1) is 6.10 Å². The zero-order valence-electron chi connectivity index (χ0n) is 12.3. The van der Waals surface area contributed by atoms with Crippen LogP contribution < -0.4 is 10.2 Å². The number of nitrogens with zero attached hydrogens (tertiary/aromatic N) is 1. The van der Waals surface area contributed by atoms with Crippen LogP contribution in [-0.4, -0.2) is 31.9 Å². The summed E-state index contributed by atoms with van der Waals surface area (Å²) in [6.07, 6.45) is 3.19. The zero-order valence-corrected chi connectivity index (χ0v) is 12.3. The molecule has 0 saturated heterocycles. The molecule has 19 heavy (non-hydrogen) atoms. The van der Waals surface area contributed by atoms with Crippen molar-refractivity contribution in [3.8, 4) is 0 Å². The molecule has 2 N–H and O–H groups in total. The molecule has 0 aliphatic heterocycles. The summed E-state index contributed by atoms with van der Waals surface area (Å²) in [4.78, 5) is 2.11. The minimum atomic E-state index is -0.101. The van der Waals surface area contributed by atoms with Crippen molar-refractivity contribution in [3.63, 3.8) is 0 Å². The molecule has 0 amide bonds. The topological polar surface area (TPSA) is 35.5 Å². The summed E-state index contributed by atoms with van der Waals surface area (Å²) >= 11 is 0. The van der Waals surface area contributed by atoms with Crippen molar-refractivity contribution in [2.75, 3.05) is 25.5 Å². The van der Waals surface area contributed by atoms with Gasteiger partial charge in [-0.1, -0.05) is 18.6 Å². The van der Waals surface area contributed by atoms with E-state index in [0.717, 1.165) is 19.4 Å². The van der Waals surface area contributed by atoms with E-state index >= 15 is 0 Å². The molecule has 1 saturated carbocycles. The lowest BCUT2D eigenvalue weighted by Crippen LogP contribution is -2.29. The minimum Gasteiger partial charge on any atom is -0.393 e. The highest BCUT2D eigenvalue weighted by Gasteiger charge is 2.25. The normalized spacial score (nSPS) is 24.4. The SMILES string of the molecule is CC(NCC1CCCC1O)c1ccc(N(C)C)cc1. The monoisotopic (exact) mass is 262 g/mol. The molecule has 1 aromatic carbocycles. The zero-order chi connectivity index (χ0) is 13.8. The Labute approximate surface area is 116 Å². The molecular weight excluding hydrogens is 236 g/mol. The Morgan fingerprint density at radius 1 is 1.26 bits per heavy atom. The Kier molecular flexibility index (Phi) is 4.83. The van der Waals surface area contributed by atoms with Crippen LogP contribution in [0.4, 0.5) is 5.69 Å². The number of aliphatic hydroxyl groups excluding tert-OH is 1. The van der Waals surface area contributed by atoms with Gasteiger partial charge in [0, 0.05) is 32.4 Å². The number of anilines is 1. The van der Waals surface area contributed by atoms with Crippen LogP contribution in [0.5, 0.6) is 0 Å². The van der Waals surface area contributed by atoms with E-state index in [9.17, 15) is 5.11 Å². The Hall–Kier alpha value is -1.06. The van der Waals surface area contributed by atoms with Crippen LogP contribution in [0.25, 0.3) is 0 Å². The second kappa shape index (κ2) is 6.40. The quantitative estimate of drug-likeness (QED) is 0.856. The first-order valence-corrected chi connectivity index (χ1v) is 7.26. The minimum absolute atomic E-state index is 0.101. The average molecular weight is 262 g/mol. The summed E-state index contributed by atoms with van der Waals surface area (Å²) in [7, 11) is 4.11. The summed E-state index contributed by atoms with van der Waals surface area (Å²) in [6.45, 7) is 3.10. The van der Waals surface area contributed by atoms with E-state index in [1.807, 2.05) is 0 Å². The van der Waals surface area contributed by atoms with Gasteiger partial charge >= 0.3 is 0 Å². The van der Waals surface area contributed by atoms with Gasteiger partial charge in [-0.15, -0.1) is 0 Å². The van der Waals surface area contributed by atoms with Crippen LogP contribution in [0, 0.1) is 5.92 Å². The fraction of sp³-hybridized carbons (Fsp3) is 0.625. The molecule has 0 heterocycles. The average Bonchev–Trinajstić information content (AvgIpc) is 2.81. The van der Waals surface area contributed by atoms with Crippen LogP contribution in [-0.2, 0) is 0 Å². The molecule has 1 fully saturated rings. The maximum Gasteiger partial charge on any atom is 0.0580 e. The van der Waals surface area contributed by atoms with Crippen LogP contribution in [0.3, 0.4) is 0 Å². The molecule has 0 bridgehead atoms. The number of hydrogen-bond donors (Lipinski definition) is 2. The first-order valence-electron chi connectivity index (χ1n) is 7.26. The van der Waals surface area contributed by atoms with Crippen LogP contribution in [0.1, 0.15) is 37.8 Å². The van der Waals surface area contributed by atoms with Crippen LogP contribution in [0.2, 0.25) is 0 Å². The van der Waals surface area contributed by atoms with Gasteiger partial charge in [0.2, 0.25) is 0 Å². The maximum absolute atomic E-state index is 9.82. The molecule has 3 unspecified atom stereocenters. The third-order valence-corrected chi connectivity index (χ3v) is 4.21. The summed E-state index contributed by atoms with van der Waals surface area (Å²) in [5, 5.41) is 13.4. The molecule has 1 aliphatic rings. The first-order chi connectivity index (χ1) is 9.08. The molecule has 1 aliphatic carbocycles. The standard InChI is InChI=1S/C16H26N2O/c1-12(17-11-14-5-4-6-16(14)19)13-7-9-15(10-8-13)18(2)3/h7-10,12,14,16-17,19H,4-6,11H2,1-3H3. The van der Waals surface area contributed by atoms with Crippen molar-refractivity contribution in [2.45, 2.75) is 38.3 Å². The Morgan fingerprint density at radius 3 is 2.47 bits per heavy atom. The van der Waals surface area contributed by atoms with Gasteiger partial charge in [-0.3, -0.25) is 0 Å². The van der Waals surface area contributed by atoms with E-state index in [2.05, 4.69) is 55.5 Å². The number of hydrogen-bond acceptors (Lipinski definition) is 3. The highest BCUT2D eigenvalue weighted by atomic mass is 16.3. The summed E-state index contributed by atoms with van der Waals surface area (Å²) in [6, 6.07) is 9.00. The number of rotatable bonds is 5. The third kappa shape index (κ3) is 3.71. The van der Waals surface area contributed by atoms with E-state index in [-0.39, 0.29) is 6.10 Å². The van der Waals surface area contributed by atoms with Crippen molar-refractivity contribution < 1.29 is 5.11 Å². The van der Waals surface area contributed by atoms with Crippen molar-refractivity contribution >= 4 is 5.69 Å². The number of aliphatic hydroxyl groups is 1. The van der Waals surface area contributed by atoms with Gasteiger partial charge < -0.3 is 15.3 Å². The number of benzene rings is 1. The molecule has 1 aromatic rings.